The fraction of sp³-hybridized carbons (Fsp3) is 0.375. The minimum absolute atomic E-state index is 0.145. The quantitative estimate of drug-likeness (QED) is 0.564. The van der Waals surface area contributed by atoms with Gasteiger partial charge in [0.25, 0.3) is 5.89 Å². The third-order valence-electron chi connectivity index (χ3n) is 5.61. The lowest BCUT2D eigenvalue weighted by molar-refractivity contribution is -0.137. The molecule has 3 aromatic rings. The van der Waals surface area contributed by atoms with Gasteiger partial charge in [0.2, 0.25) is 5.82 Å². The van der Waals surface area contributed by atoms with Crippen LogP contribution in [0.1, 0.15) is 43.9 Å². The minimum atomic E-state index is -0.759. The van der Waals surface area contributed by atoms with Crippen LogP contribution in [0.4, 0.5) is 4.39 Å². The van der Waals surface area contributed by atoms with E-state index in [-0.39, 0.29) is 30.1 Å². The molecule has 0 saturated carbocycles. The second-order valence-electron chi connectivity index (χ2n) is 8.61. The van der Waals surface area contributed by atoms with Gasteiger partial charge in [-0.05, 0) is 54.5 Å². The van der Waals surface area contributed by atoms with E-state index in [2.05, 4.69) is 29.3 Å². The SMILES string of the molecule is CC(C)Cc1ccc(-c2nc(-c3ccc(C4CC(CC(=O)O)CN4)cc3)no2)cc1F. The number of aliphatic carboxylic acids is 1. The maximum Gasteiger partial charge on any atom is 0.303 e. The monoisotopic (exact) mass is 423 g/mol. The third-order valence-corrected chi connectivity index (χ3v) is 5.61. The van der Waals surface area contributed by atoms with Crippen LogP contribution in [0.15, 0.2) is 47.0 Å². The minimum Gasteiger partial charge on any atom is -0.481 e. The van der Waals surface area contributed by atoms with Gasteiger partial charge in [0.1, 0.15) is 5.82 Å². The van der Waals surface area contributed by atoms with E-state index in [0.717, 1.165) is 17.5 Å². The second-order valence-corrected chi connectivity index (χ2v) is 8.61. The van der Waals surface area contributed by atoms with Crippen LogP contribution in [0.25, 0.3) is 22.8 Å². The smallest absolute Gasteiger partial charge is 0.303 e. The zero-order chi connectivity index (χ0) is 22.0. The Morgan fingerprint density at radius 2 is 1.97 bits per heavy atom. The summed E-state index contributed by atoms with van der Waals surface area (Å²) in [5, 5.41) is 16.4. The Labute approximate surface area is 180 Å². The molecule has 0 aliphatic carbocycles. The fourth-order valence-corrected chi connectivity index (χ4v) is 4.07. The number of carbonyl (C=O) groups is 1. The Kier molecular flexibility index (Phi) is 6.13. The summed E-state index contributed by atoms with van der Waals surface area (Å²) in [6, 6.07) is 13.0. The van der Waals surface area contributed by atoms with Crippen molar-refractivity contribution in [3.05, 3.63) is 59.4 Å². The molecule has 1 saturated heterocycles. The van der Waals surface area contributed by atoms with E-state index in [9.17, 15) is 9.18 Å². The van der Waals surface area contributed by atoms with Gasteiger partial charge in [0.15, 0.2) is 0 Å². The number of nitrogens with one attached hydrogen (secondary N) is 1. The number of benzene rings is 2. The van der Waals surface area contributed by atoms with Gasteiger partial charge in [0.05, 0.1) is 0 Å². The van der Waals surface area contributed by atoms with Gasteiger partial charge in [-0.1, -0.05) is 49.3 Å². The molecule has 2 atom stereocenters. The van der Waals surface area contributed by atoms with E-state index in [0.29, 0.717) is 35.8 Å². The molecular weight excluding hydrogens is 397 g/mol. The first kappa shape index (κ1) is 21.2. The normalized spacial score (nSPS) is 18.6. The molecule has 0 amide bonds. The number of hydrogen-bond acceptors (Lipinski definition) is 5. The van der Waals surface area contributed by atoms with Gasteiger partial charge >= 0.3 is 5.97 Å². The van der Waals surface area contributed by atoms with Crippen LogP contribution in [-0.4, -0.2) is 27.8 Å². The number of halogens is 1. The molecule has 1 fully saturated rings. The molecule has 1 aliphatic heterocycles. The molecule has 1 aromatic heterocycles. The predicted octanol–water partition coefficient (Wildman–Crippen LogP) is 4.87. The fourth-order valence-electron chi connectivity index (χ4n) is 4.07. The summed E-state index contributed by atoms with van der Waals surface area (Å²) in [6.07, 6.45) is 1.67. The zero-order valence-electron chi connectivity index (χ0n) is 17.6. The van der Waals surface area contributed by atoms with Gasteiger partial charge in [-0.3, -0.25) is 4.79 Å². The number of rotatable bonds is 7. The summed E-state index contributed by atoms with van der Waals surface area (Å²) in [7, 11) is 0. The lowest BCUT2D eigenvalue weighted by atomic mass is 9.97. The van der Waals surface area contributed by atoms with E-state index in [1.54, 1.807) is 12.1 Å². The topological polar surface area (TPSA) is 88.2 Å². The van der Waals surface area contributed by atoms with Crippen molar-refractivity contribution >= 4 is 5.97 Å². The maximum absolute atomic E-state index is 14.4. The Hall–Kier alpha value is -3.06. The highest BCUT2D eigenvalue weighted by Gasteiger charge is 2.27. The summed E-state index contributed by atoms with van der Waals surface area (Å²) in [4.78, 5) is 15.3. The largest absolute Gasteiger partial charge is 0.481 e. The van der Waals surface area contributed by atoms with Gasteiger partial charge in [-0.2, -0.15) is 4.98 Å². The molecular formula is C24H26FN3O3. The summed E-state index contributed by atoms with van der Waals surface area (Å²) >= 11 is 0. The molecule has 6 nitrogen and oxygen atoms in total. The second kappa shape index (κ2) is 8.98. The van der Waals surface area contributed by atoms with Crippen molar-refractivity contribution in [2.45, 2.75) is 39.2 Å². The van der Waals surface area contributed by atoms with Crippen molar-refractivity contribution in [2.24, 2.45) is 11.8 Å². The van der Waals surface area contributed by atoms with Gasteiger partial charge in [-0.15, -0.1) is 0 Å². The van der Waals surface area contributed by atoms with Crippen molar-refractivity contribution in [3.8, 4) is 22.8 Å². The number of carboxylic acid groups (broad SMARTS) is 1. The van der Waals surface area contributed by atoms with Crippen LogP contribution in [0.3, 0.4) is 0 Å². The van der Waals surface area contributed by atoms with E-state index in [4.69, 9.17) is 9.63 Å². The highest BCUT2D eigenvalue weighted by Crippen LogP contribution is 2.31. The predicted molar refractivity (Wildman–Crippen MR) is 115 cm³/mol. The van der Waals surface area contributed by atoms with E-state index in [1.165, 1.54) is 6.07 Å². The molecule has 162 valence electrons. The van der Waals surface area contributed by atoms with Crippen molar-refractivity contribution in [2.75, 3.05) is 6.54 Å². The highest BCUT2D eigenvalue weighted by molar-refractivity contribution is 5.67. The van der Waals surface area contributed by atoms with Crippen LogP contribution in [0.2, 0.25) is 0 Å². The first-order valence-corrected chi connectivity index (χ1v) is 10.6. The summed E-state index contributed by atoms with van der Waals surface area (Å²) in [5.41, 5.74) is 3.14. The third kappa shape index (κ3) is 4.99. The Morgan fingerprint density at radius 3 is 2.65 bits per heavy atom. The molecule has 4 rings (SSSR count). The molecule has 2 N–H and O–H groups in total. The Bertz CT molecular complexity index is 1060. The molecule has 2 unspecified atom stereocenters. The molecule has 0 bridgehead atoms. The van der Waals surface area contributed by atoms with Crippen molar-refractivity contribution in [1.82, 2.24) is 15.5 Å². The van der Waals surface area contributed by atoms with Crippen LogP contribution in [0.5, 0.6) is 0 Å². The van der Waals surface area contributed by atoms with Crippen LogP contribution >= 0.6 is 0 Å². The van der Waals surface area contributed by atoms with Gasteiger partial charge < -0.3 is 14.9 Å². The number of nitrogens with zero attached hydrogens (tertiary/aromatic N) is 2. The lowest BCUT2D eigenvalue weighted by Gasteiger charge is -2.11. The number of hydrogen-bond donors (Lipinski definition) is 2. The van der Waals surface area contributed by atoms with Crippen LogP contribution in [-0.2, 0) is 11.2 Å². The summed E-state index contributed by atoms with van der Waals surface area (Å²) < 4.78 is 19.8. The van der Waals surface area contributed by atoms with E-state index in [1.807, 2.05) is 24.3 Å². The van der Waals surface area contributed by atoms with Crippen molar-refractivity contribution in [1.29, 1.82) is 0 Å². The standard InChI is InChI=1S/C24H26FN3O3/c1-14(2)9-18-7-8-19(12-20(18)25)24-27-23(28-31-24)17-5-3-16(4-6-17)21-10-15(13-26-21)11-22(29)30/h3-8,12,14-15,21,26H,9-11,13H2,1-2H3,(H,29,30). The highest BCUT2D eigenvalue weighted by atomic mass is 19.1. The average Bonchev–Trinajstić information content (AvgIpc) is 3.39. The number of carboxylic acids is 1. The lowest BCUT2D eigenvalue weighted by Crippen LogP contribution is -2.14. The molecule has 2 heterocycles. The summed E-state index contributed by atoms with van der Waals surface area (Å²) in [5.74, 6) is 0.222. The van der Waals surface area contributed by atoms with E-state index >= 15 is 0 Å². The van der Waals surface area contributed by atoms with Crippen LogP contribution in [0, 0.1) is 17.7 Å². The molecule has 0 spiro atoms. The Morgan fingerprint density at radius 1 is 1.23 bits per heavy atom. The average molecular weight is 423 g/mol. The summed E-state index contributed by atoms with van der Waals surface area (Å²) in [6.45, 7) is 4.82. The number of aromatic nitrogens is 2. The van der Waals surface area contributed by atoms with Crippen molar-refractivity contribution < 1.29 is 18.8 Å². The molecule has 0 radical (unpaired) electrons. The maximum atomic E-state index is 14.4. The first-order valence-electron chi connectivity index (χ1n) is 10.6. The molecule has 7 heteroatoms. The Balaban J connectivity index is 1.46. The van der Waals surface area contributed by atoms with Gasteiger partial charge in [0, 0.05) is 23.6 Å². The van der Waals surface area contributed by atoms with Crippen LogP contribution < -0.4 is 5.32 Å². The first-order chi connectivity index (χ1) is 14.9. The molecule has 1 aliphatic rings. The molecule has 31 heavy (non-hydrogen) atoms. The molecule has 2 aromatic carbocycles. The van der Waals surface area contributed by atoms with Gasteiger partial charge in [-0.25, -0.2) is 4.39 Å². The zero-order valence-corrected chi connectivity index (χ0v) is 17.6. The van der Waals surface area contributed by atoms with Crippen molar-refractivity contribution in [3.63, 3.8) is 0 Å². The van der Waals surface area contributed by atoms with E-state index < -0.39 is 5.97 Å².